The molecule has 2 spiro atoms. The zero-order valence-electron chi connectivity index (χ0n) is 36.4. The standard InChI is InChI=1S/C63H48N2/c1-4-12-37(13-5-1)38-20-23-56-46(29-38)47-30-39(21-24-57(47)64(56)42-14-6-2-7-15-42)40-22-25-58-48(31-40)49-33-45-44-18-10-11-19-51(44)63(53(45)34-59(49)65(58)43-16-8-3-9-17-43)41-32-50-52-26-36-27-54-60(50)61(63)55(28-36)62(52,54)35-41/h1-25,29-31,33-34,36,41,50,52,54-55,60-61H,26-28,32,35H2. The number of aromatic nitrogens is 2. The second-order valence-electron chi connectivity index (χ2n) is 21.6. The van der Waals surface area contributed by atoms with Crippen molar-refractivity contribution >= 4 is 43.6 Å². The molecule has 8 fully saturated rings. The molecular weight excluding hydrogens is 785 g/mol. The Morgan fingerprint density at radius 3 is 1.60 bits per heavy atom. The molecule has 0 aliphatic heterocycles. The van der Waals surface area contributed by atoms with Crippen LogP contribution in [0.2, 0.25) is 0 Å². The highest BCUT2D eigenvalue weighted by molar-refractivity contribution is 6.14. The third-order valence-corrected chi connectivity index (χ3v) is 19.7. The van der Waals surface area contributed by atoms with Gasteiger partial charge in [0, 0.05) is 38.3 Å². The molecule has 0 radical (unpaired) electrons. The molecule has 65 heavy (non-hydrogen) atoms. The van der Waals surface area contributed by atoms with E-state index in [1.807, 2.05) is 0 Å². The quantitative estimate of drug-likeness (QED) is 0.167. The van der Waals surface area contributed by atoms with Crippen LogP contribution in [0.25, 0.3) is 88.4 Å². The summed E-state index contributed by atoms with van der Waals surface area (Å²) in [6.45, 7) is 0. The van der Waals surface area contributed by atoms with Crippen molar-refractivity contribution in [2.45, 2.75) is 37.5 Å². The fourth-order valence-corrected chi connectivity index (χ4v) is 18.2. The number of fused-ring (bicyclic) bond motifs is 9. The summed E-state index contributed by atoms with van der Waals surface area (Å²) in [5, 5.41) is 5.26. The molecule has 2 nitrogen and oxygen atoms in total. The molecule has 9 bridgehead atoms. The highest BCUT2D eigenvalue weighted by Gasteiger charge is 2.85. The molecule has 2 aromatic heterocycles. The van der Waals surface area contributed by atoms with E-state index in [-0.39, 0.29) is 5.41 Å². The first-order valence-electron chi connectivity index (χ1n) is 24.7. The molecule has 9 aliphatic carbocycles. The predicted molar refractivity (Wildman–Crippen MR) is 266 cm³/mol. The summed E-state index contributed by atoms with van der Waals surface area (Å²) in [5.74, 6) is 7.44. The van der Waals surface area contributed by atoms with Crippen molar-refractivity contribution in [2.24, 2.45) is 52.8 Å². The SMILES string of the molecule is c1ccc(-c2ccc3c(c2)c2cc(-c4ccc5c(c4)c4cc6c(cc4n5-c4ccccc4)C4(c5ccccc5-6)C5CC6C7C4C4CC8CC6C4(C5)C7C8)ccc2n3-c2ccccc2)cc1. The van der Waals surface area contributed by atoms with Crippen LogP contribution in [0.1, 0.15) is 43.2 Å². The van der Waals surface area contributed by atoms with E-state index in [1.54, 1.807) is 24.0 Å². The van der Waals surface area contributed by atoms with Crippen molar-refractivity contribution in [3.05, 3.63) is 193 Å². The second kappa shape index (κ2) is 11.8. The summed E-state index contributed by atoms with van der Waals surface area (Å²) in [6.07, 6.45) is 7.56. The molecule has 8 saturated carbocycles. The molecule has 10 atom stereocenters. The Morgan fingerprint density at radius 2 is 0.938 bits per heavy atom. The van der Waals surface area contributed by atoms with Crippen LogP contribution in [0, 0.1) is 52.8 Å². The highest BCUT2D eigenvalue weighted by atomic mass is 15.0. The third kappa shape index (κ3) is 3.97. The molecule has 0 saturated heterocycles. The zero-order chi connectivity index (χ0) is 41.9. The summed E-state index contributed by atoms with van der Waals surface area (Å²) in [6, 6.07) is 69.6. The number of hydrogen-bond acceptors (Lipinski definition) is 0. The van der Waals surface area contributed by atoms with E-state index in [9.17, 15) is 0 Å². The minimum atomic E-state index is 0.138. The van der Waals surface area contributed by atoms with E-state index in [2.05, 4.69) is 191 Å². The zero-order valence-corrected chi connectivity index (χ0v) is 36.4. The largest absolute Gasteiger partial charge is 0.309 e. The topological polar surface area (TPSA) is 9.86 Å². The van der Waals surface area contributed by atoms with Crippen LogP contribution >= 0.6 is 0 Å². The van der Waals surface area contributed by atoms with Crippen LogP contribution in [-0.2, 0) is 5.41 Å². The lowest BCUT2D eigenvalue weighted by Gasteiger charge is -2.70. The normalized spacial score (nSPS) is 30.3. The van der Waals surface area contributed by atoms with Crippen LogP contribution in [0.15, 0.2) is 182 Å². The van der Waals surface area contributed by atoms with Gasteiger partial charge in [-0.1, -0.05) is 109 Å². The molecule has 10 unspecified atom stereocenters. The Labute approximate surface area is 379 Å². The summed E-state index contributed by atoms with van der Waals surface area (Å²) in [5.41, 5.74) is 19.8. The fourth-order valence-electron chi connectivity index (χ4n) is 18.2. The van der Waals surface area contributed by atoms with Gasteiger partial charge in [-0.05, 0) is 202 Å². The summed E-state index contributed by atoms with van der Waals surface area (Å²) >= 11 is 0. The average molecular weight is 833 g/mol. The van der Waals surface area contributed by atoms with Crippen LogP contribution in [0.5, 0.6) is 0 Å². The Bertz CT molecular complexity index is 3710. The lowest BCUT2D eigenvalue weighted by atomic mass is 9.34. The van der Waals surface area contributed by atoms with E-state index < -0.39 is 0 Å². The number of para-hydroxylation sites is 2. The van der Waals surface area contributed by atoms with Gasteiger partial charge in [-0.3, -0.25) is 0 Å². The lowest BCUT2D eigenvalue weighted by Crippen LogP contribution is -2.66. The van der Waals surface area contributed by atoms with Crippen molar-refractivity contribution in [2.75, 3.05) is 0 Å². The molecule has 19 rings (SSSR count). The van der Waals surface area contributed by atoms with Gasteiger partial charge in [-0.25, -0.2) is 0 Å². The third-order valence-electron chi connectivity index (χ3n) is 19.7. The monoisotopic (exact) mass is 832 g/mol. The number of rotatable bonds is 4. The van der Waals surface area contributed by atoms with E-state index in [0.717, 1.165) is 47.3 Å². The molecule has 9 aliphatic rings. The first-order valence-corrected chi connectivity index (χ1v) is 24.7. The fraction of sp³-hybridized carbons (Fsp3) is 0.238. The minimum Gasteiger partial charge on any atom is -0.309 e. The maximum atomic E-state index is 2.76. The minimum absolute atomic E-state index is 0.138. The average Bonchev–Trinajstić information content (AvgIpc) is 3.99. The predicted octanol–water partition coefficient (Wildman–Crippen LogP) is 15.4. The van der Waals surface area contributed by atoms with E-state index in [0.29, 0.717) is 5.41 Å². The summed E-state index contributed by atoms with van der Waals surface area (Å²) in [7, 11) is 0. The van der Waals surface area contributed by atoms with Gasteiger partial charge in [0.25, 0.3) is 0 Å². The van der Waals surface area contributed by atoms with E-state index in [4.69, 9.17) is 0 Å². The summed E-state index contributed by atoms with van der Waals surface area (Å²) in [4.78, 5) is 0. The van der Waals surface area contributed by atoms with Crippen LogP contribution in [0.4, 0.5) is 0 Å². The Morgan fingerprint density at radius 1 is 0.400 bits per heavy atom. The highest BCUT2D eigenvalue weighted by Crippen LogP contribution is 2.90. The molecule has 8 aromatic carbocycles. The lowest BCUT2D eigenvalue weighted by molar-refractivity contribution is -0.186. The molecule has 0 N–H and O–H groups in total. The Kier molecular flexibility index (Phi) is 6.29. The van der Waals surface area contributed by atoms with Gasteiger partial charge in [0.15, 0.2) is 0 Å². The molecule has 0 amide bonds. The molecule has 2 heterocycles. The van der Waals surface area contributed by atoms with Crippen molar-refractivity contribution < 1.29 is 0 Å². The molecule has 310 valence electrons. The number of nitrogens with zero attached hydrogens (tertiary/aromatic N) is 2. The number of benzene rings is 8. The van der Waals surface area contributed by atoms with Crippen molar-refractivity contribution in [3.8, 4) is 44.8 Å². The van der Waals surface area contributed by atoms with Crippen LogP contribution in [0.3, 0.4) is 0 Å². The van der Waals surface area contributed by atoms with E-state index in [1.165, 1.54) is 108 Å². The van der Waals surface area contributed by atoms with E-state index >= 15 is 0 Å². The molecular formula is C63H48N2. The van der Waals surface area contributed by atoms with Crippen LogP contribution in [-0.4, -0.2) is 9.13 Å². The first-order chi connectivity index (χ1) is 32.2. The van der Waals surface area contributed by atoms with Gasteiger partial charge in [-0.2, -0.15) is 0 Å². The Hall–Kier alpha value is -6.64. The smallest absolute Gasteiger partial charge is 0.0544 e. The summed E-state index contributed by atoms with van der Waals surface area (Å²) < 4.78 is 5.04. The van der Waals surface area contributed by atoms with Crippen molar-refractivity contribution in [1.82, 2.24) is 9.13 Å². The maximum Gasteiger partial charge on any atom is 0.0544 e. The van der Waals surface area contributed by atoms with Gasteiger partial charge in [0.05, 0.1) is 22.1 Å². The Balaban J connectivity index is 0.894. The number of hydrogen-bond donors (Lipinski definition) is 0. The van der Waals surface area contributed by atoms with Gasteiger partial charge in [0.2, 0.25) is 0 Å². The van der Waals surface area contributed by atoms with Crippen molar-refractivity contribution in [1.29, 1.82) is 0 Å². The van der Waals surface area contributed by atoms with Gasteiger partial charge in [-0.15, -0.1) is 0 Å². The van der Waals surface area contributed by atoms with Gasteiger partial charge >= 0.3 is 0 Å². The molecule has 2 heteroatoms. The van der Waals surface area contributed by atoms with Crippen molar-refractivity contribution in [3.63, 3.8) is 0 Å². The van der Waals surface area contributed by atoms with Gasteiger partial charge in [0.1, 0.15) is 0 Å². The second-order valence-corrected chi connectivity index (χ2v) is 21.6. The first kappa shape index (κ1) is 34.7. The van der Waals surface area contributed by atoms with Crippen LogP contribution < -0.4 is 0 Å². The molecule has 10 aromatic rings. The van der Waals surface area contributed by atoms with Gasteiger partial charge < -0.3 is 9.13 Å². The maximum absolute atomic E-state index is 2.76.